The van der Waals surface area contributed by atoms with Crippen molar-refractivity contribution in [3.8, 4) is 0 Å². The standard InChI is InChI=1S/C18H33N7O8S/c1-34-6-4-10(23-14(29)9(19)3-2-5-22-18(20)21)15(30)24-11(7-13(27)28)16(31)25-12(8-26)17(32)33/h9-12,26H,2-8,19H2,1H3,(H,23,29)(H,24,30)(H,25,31)(H,27,28)(H,32,33)(H4,20,21,22). The number of carbonyl (C=O) groups is 5. The van der Waals surface area contributed by atoms with E-state index in [4.69, 9.17) is 32.5 Å². The summed E-state index contributed by atoms with van der Waals surface area (Å²) in [6, 6.07) is -5.45. The molecule has 16 heteroatoms. The molecule has 0 fully saturated rings. The number of carboxylic acid groups (broad SMARTS) is 2. The zero-order valence-electron chi connectivity index (χ0n) is 18.7. The quantitative estimate of drug-likeness (QED) is 0.0519. The Kier molecular flexibility index (Phi) is 15.0. The van der Waals surface area contributed by atoms with E-state index < -0.39 is 66.9 Å². The van der Waals surface area contributed by atoms with Crippen molar-refractivity contribution in [3.05, 3.63) is 0 Å². The van der Waals surface area contributed by atoms with Crippen LogP contribution in [0.1, 0.15) is 25.7 Å². The second-order valence-electron chi connectivity index (χ2n) is 7.14. The van der Waals surface area contributed by atoms with Crippen LogP contribution in [0, 0.1) is 0 Å². The van der Waals surface area contributed by atoms with E-state index in [9.17, 15) is 24.0 Å². The Morgan fingerprint density at radius 2 is 1.47 bits per heavy atom. The number of thioether (sulfide) groups is 1. The van der Waals surface area contributed by atoms with Gasteiger partial charge in [-0.2, -0.15) is 11.8 Å². The molecule has 0 aliphatic heterocycles. The molecule has 34 heavy (non-hydrogen) atoms. The van der Waals surface area contributed by atoms with Crippen LogP contribution in [-0.4, -0.2) is 100 Å². The second kappa shape index (κ2) is 16.5. The molecule has 0 aliphatic carbocycles. The summed E-state index contributed by atoms with van der Waals surface area (Å²) < 4.78 is 0. The van der Waals surface area contributed by atoms with Gasteiger partial charge in [0.15, 0.2) is 5.96 Å². The first kappa shape index (κ1) is 30.9. The predicted octanol–water partition coefficient (Wildman–Crippen LogP) is -3.87. The van der Waals surface area contributed by atoms with Gasteiger partial charge in [-0.1, -0.05) is 0 Å². The zero-order chi connectivity index (χ0) is 26.3. The molecule has 3 amide bonds. The first-order valence-corrected chi connectivity index (χ1v) is 11.6. The average molecular weight is 508 g/mol. The van der Waals surface area contributed by atoms with Crippen molar-refractivity contribution in [1.82, 2.24) is 16.0 Å². The summed E-state index contributed by atoms with van der Waals surface area (Å²) in [6.07, 6.45) is 1.69. The van der Waals surface area contributed by atoms with Gasteiger partial charge in [-0.3, -0.25) is 24.2 Å². The maximum atomic E-state index is 12.8. The molecular formula is C18H33N7O8S. The van der Waals surface area contributed by atoms with Gasteiger partial charge >= 0.3 is 11.9 Å². The molecule has 0 aromatic heterocycles. The highest BCUT2D eigenvalue weighted by atomic mass is 32.2. The molecule has 0 rings (SSSR count). The Hall–Kier alpha value is -3.11. The Balaban J connectivity index is 5.28. The molecule has 0 heterocycles. The highest BCUT2D eigenvalue weighted by molar-refractivity contribution is 7.98. The van der Waals surface area contributed by atoms with E-state index >= 15 is 0 Å². The lowest BCUT2D eigenvalue weighted by Gasteiger charge is -2.24. The van der Waals surface area contributed by atoms with Gasteiger partial charge in [-0.15, -0.1) is 0 Å². The van der Waals surface area contributed by atoms with E-state index in [-0.39, 0.29) is 25.3 Å². The molecule has 0 spiro atoms. The van der Waals surface area contributed by atoms with E-state index in [1.807, 2.05) is 5.32 Å². The zero-order valence-corrected chi connectivity index (χ0v) is 19.5. The van der Waals surface area contributed by atoms with Crippen molar-refractivity contribution in [2.45, 2.75) is 49.9 Å². The second-order valence-corrected chi connectivity index (χ2v) is 8.12. The van der Waals surface area contributed by atoms with Crippen molar-refractivity contribution in [2.24, 2.45) is 22.2 Å². The molecule has 194 valence electrons. The molecule has 0 saturated carbocycles. The van der Waals surface area contributed by atoms with Gasteiger partial charge in [0.2, 0.25) is 17.7 Å². The summed E-state index contributed by atoms with van der Waals surface area (Å²) in [7, 11) is 0. The van der Waals surface area contributed by atoms with Gasteiger partial charge in [0.1, 0.15) is 18.1 Å². The lowest BCUT2D eigenvalue weighted by molar-refractivity contribution is -0.144. The number of hydrogen-bond acceptors (Lipinski definition) is 9. The average Bonchev–Trinajstić information content (AvgIpc) is 2.75. The highest BCUT2D eigenvalue weighted by Crippen LogP contribution is 2.05. The molecule has 0 aromatic carbocycles. The number of hydrogen-bond donors (Lipinski definition) is 9. The summed E-state index contributed by atoms with van der Waals surface area (Å²) >= 11 is 1.39. The topological polar surface area (TPSA) is 273 Å². The van der Waals surface area contributed by atoms with E-state index in [0.717, 1.165) is 0 Å². The Morgan fingerprint density at radius 1 is 0.912 bits per heavy atom. The number of aliphatic hydroxyl groups excluding tert-OH is 1. The Morgan fingerprint density at radius 3 is 1.97 bits per heavy atom. The van der Waals surface area contributed by atoms with Gasteiger partial charge < -0.3 is 48.5 Å². The molecule has 4 unspecified atom stereocenters. The van der Waals surface area contributed by atoms with Crippen LogP contribution in [0.25, 0.3) is 0 Å². The molecule has 0 bridgehead atoms. The number of amides is 3. The molecule has 4 atom stereocenters. The third-order valence-corrected chi connectivity index (χ3v) is 5.00. The van der Waals surface area contributed by atoms with Crippen molar-refractivity contribution in [1.29, 1.82) is 0 Å². The summed E-state index contributed by atoms with van der Waals surface area (Å²) in [5, 5.41) is 33.7. The van der Waals surface area contributed by atoms with E-state index in [1.54, 1.807) is 6.26 Å². The number of nitrogens with zero attached hydrogens (tertiary/aromatic N) is 1. The van der Waals surface area contributed by atoms with Crippen molar-refractivity contribution in [3.63, 3.8) is 0 Å². The first-order chi connectivity index (χ1) is 15.9. The fourth-order valence-electron chi connectivity index (χ4n) is 2.55. The number of nitrogens with two attached hydrogens (primary N) is 3. The van der Waals surface area contributed by atoms with Crippen LogP contribution in [0.2, 0.25) is 0 Å². The highest BCUT2D eigenvalue weighted by Gasteiger charge is 2.31. The van der Waals surface area contributed by atoms with E-state index in [0.29, 0.717) is 12.2 Å². The summed E-state index contributed by atoms with van der Waals surface area (Å²) in [5.74, 6) is -5.26. The van der Waals surface area contributed by atoms with E-state index in [2.05, 4.69) is 15.6 Å². The third kappa shape index (κ3) is 12.8. The van der Waals surface area contributed by atoms with Crippen molar-refractivity contribution >= 4 is 47.4 Å². The number of carbonyl (C=O) groups excluding carboxylic acids is 3. The summed E-state index contributed by atoms with van der Waals surface area (Å²) in [5.41, 5.74) is 16.3. The fraction of sp³-hybridized carbons (Fsp3) is 0.667. The first-order valence-electron chi connectivity index (χ1n) is 10.2. The summed E-state index contributed by atoms with van der Waals surface area (Å²) in [4.78, 5) is 63.5. The number of aliphatic imine (C=N–C) groups is 1. The van der Waals surface area contributed by atoms with Gasteiger partial charge in [-0.05, 0) is 31.3 Å². The number of aliphatic hydroxyl groups is 1. The molecular weight excluding hydrogens is 474 g/mol. The number of carboxylic acids is 2. The lowest BCUT2D eigenvalue weighted by atomic mass is 10.1. The normalized spacial score (nSPS) is 14.1. The van der Waals surface area contributed by atoms with Gasteiger partial charge in [0.25, 0.3) is 0 Å². The van der Waals surface area contributed by atoms with Gasteiger partial charge in [-0.25, -0.2) is 4.79 Å². The molecule has 0 aliphatic rings. The minimum Gasteiger partial charge on any atom is -0.481 e. The number of guanidine groups is 1. The molecule has 0 saturated heterocycles. The lowest BCUT2D eigenvalue weighted by Crippen LogP contribution is -2.58. The fourth-order valence-corrected chi connectivity index (χ4v) is 3.02. The van der Waals surface area contributed by atoms with Gasteiger partial charge in [0, 0.05) is 6.54 Å². The van der Waals surface area contributed by atoms with Crippen molar-refractivity contribution in [2.75, 3.05) is 25.2 Å². The predicted molar refractivity (Wildman–Crippen MR) is 124 cm³/mol. The largest absolute Gasteiger partial charge is 0.481 e. The maximum absolute atomic E-state index is 12.8. The van der Waals surface area contributed by atoms with Crippen LogP contribution in [0.4, 0.5) is 0 Å². The van der Waals surface area contributed by atoms with Crippen LogP contribution < -0.4 is 33.2 Å². The van der Waals surface area contributed by atoms with Crippen molar-refractivity contribution < 1.29 is 39.3 Å². The molecule has 15 nitrogen and oxygen atoms in total. The number of rotatable bonds is 17. The maximum Gasteiger partial charge on any atom is 0.328 e. The molecule has 0 radical (unpaired) electrons. The SMILES string of the molecule is CSCCC(NC(=O)C(N)CCCN=C(N)N)C(=O)NC(CC(=O)O)C(=O)NC(CO)C(=O)O. The van der Waals surface area contributed by atoms with Crippen LogP contribution >= 0.6 is 11.8 Å². The Labute approximate surface area is 200 Å². The minimum absolute atomic E-state index is 0.0968. The molecule has 12 N–H and O–H groups in total. The number of aliphatic carboxylic acids is 2. The minimum atomic E-state index is -1.69. The van der Waals surface area contributed by atoms with Gasteiger partial charge in [0.05, 0.1) is 19.1 Å². The Bertz CT molecular complexity index is 748. The third-order valence-electron chi connectivity index (χ3n) is 4.36. The smallest absolute Gasteiger partial charge is 0.328 e. The van der Waals surface area contributed by atoms with Crippen LogP contribution in [0.3, 0.4) is 0 Å². The monoisotopic (exact) mass is 507 g/mol. The van der Waals surface area contributed by atoms with Crippen LogP contribution in [0.15, 0.2) is 4.99 Å². The number of nitrogens with one attached hydrogen (secondary N) is 3. The van der Waals surface area contributed by atoms with Crippen LogP contribution in [0.5, 0.6) is 0 Å². The van der Waals surface area contributed by atoms with E-state index in [1.165, 1.54) is 11.8 Å². The molecule has 0 aromatic rings. The summed E-state index contributed by atoms with van der Waals surface area (Å²) in [6.45, 7) is -0.681. The van der Waals surface area contributed by atoms with Crippen LogP contribution in [-0.2, 0) is 24.0 Å².